The van der Waals surface area contributed by atoms with Crippen molar-refractivity contribution >= 4 is 26.9 Å². The van der Waals surface area contributed by atoms with Crippen LogP contribution in [-0.4, -0.2) is 17.0 Å². The van der Waals surface area contributed by atoms with Gasteiger partial charge in [0.1, 0.15) is 5.58 Å². The molecular formula is C15H17BrO4. The lowest BCUT2D eigenvalue weighted by Gasteiger charge is -2.08. The fourth-order valence-electron chi connectivity index (χ4n) is 1.93. The van der Waals surface area contributed by atoms with E-state index >= 15 is 0 Å². The summed E-state index contributed by atoms with van der Waals surface area (Å²) in [5.41, 5.74) is 0.00787. The Morgan fingerprint density at radius 2 is 1.95 bits per heavy atom. The molecule has 0 fully saturated rings. The van der Waals surface area contributed by atoms with Crippen LogP contribution < -0.4 is 10.4 Å². The van der Waals surface area contributed by atoms with E-state index in [2.05, 4.69) is 15.9 Å². The van der Waals surface area contributed by atoms with E-state index in [1.165, 1.54) is 6.07 Å². The number of benzene rings is 1. The van der Waals surface area contributed by atoms with E-state index in [0.29, 0.717) is 23.3 Å². The molecule has 20 heavy (non-hydrogen) atoms. The predicted molar refractivity (Wildman–Crippen MR) is 81.9 cm³/mol. The van der Waals surface area contributed by atoms with Crippen LogP contribution in [0.3, 0.4) is 0 Å². The maximum atomic E-state index is 11.2. The first-order valence-corrected chi connectivity index (χ1v) is 7.78. The van der Waals surface area contributed by atoms with E-state index in [4.69, 9.17) is 9.15 Å². The second kappa shape index (κ2) is 7.33. The highest BCUT2D eigenvalue weighted by molar-refractivity contribution is 9.09. The summed E-state index contributed by atoms with van der Waals surface area (Å²) in [5, 5.41) is 11.6. The molecule has 0 aliphatic carbocycles. The summed E-state index contributed by atoms with van der Waals surface area (Å²) in [4.78, 5) is 11.2. The van der Waals surface area contributed by atoms with E-state index in [1.807, 2.05) is 0 Å². The van der Waals surface area contributed by atoms with Crippen molar-refractivity contribution in [3.63, 3.8) is 0 Å². The van der Waals surface area contributed by atoms with Gasteiger partial charge in [0.15, 0.2) is 11.5 Å². The number of fused-ring (bicyclic) bond motifs is 1. The molecule has 0 spiro atoms. The summed E-state index contributed by atoms with van der Waals surface area (Å²) in [6, 6.07) is 6.04. The molecule has 0 aliphatic heterocycles. The van der Waals surface area contributed by atoms with Crippen molar-refractivity contribution in [2.45, 2.75) is 25.7 Å². The van der Waals surface area contributed by atoms with Gasteiger partial charge in [0.2, 0.25) is 0 Å². The monoisotopic (exact) mass is 340 g/mol. The molecule has 0 aliphatic rings. The lowest BCUT2D eigenvalue weighted by atomic mass is 10.2. The number of alkyl halides is 1. The average Bonchev–Trinajstić information content (AvgIpc) is 2.43. The lowest BCUT2D eigenvalue weighted by Crippen LogP contribution is -1.99. The van der Waals surface area contributed by atoms with Gasteiger partial charge in [-0.2, -0.15) is 0 Å². The number of hydrogen-bond donors (Lipinski definition) is 1. The van der Waals surface area contributed by atoms with Gasteiger partial charge in [-0.25, -0.2) is 4.79 Å². The van der Waals surface area contributed by atoms with Crippen molar-refractivity contribution in [1.29, 1.82) is 0 Å². The molecule has 0 amide bonds. The summed E-state index contributed by atoms with van der Waals surface area (Å²) < 4.78 is 10.6. The topological polar surface area (TPSA) is 59.7 Å². The van der Waals surface area contributed by atoms with Gasteiger partial charge in [0, 0.05) is 22.8 Å². The van der Waals surface area contributed by atoms with E-state index in [-0.39, 0.29) is 5.75 Å². The molecule has 0 bridgehead atoms. The van der Waals surface area contributed by atoms with Gasteiger partial charge in [-0.3, -0.25) is 0 Å². The van der Waals surface area contributed by atoms with Crippen molar-refractivity contribution in [3.8, 4) is 11.5 Å². The molecule has 0 radical (unpaired) electrons. The molecule has 1 heterocycles. The fourth-order valence-corrected chi connectivity index (χ4v) is 2.33. The normalized spacial score (nSPS) is 10.8. The molecule has 1 aromatic heterocycles. The van der Waals surface area contributed by atoms with Crippen molar-refractivity contribution in [3.05, 3.63) is 34.7 Å². The zero-order chi connectivity index (χ0) is 14.4. The van der Waals surface area contributed by atoms with Crippen LogP contribution in [0.2, 0.25) is 0 Å². The van der Waals surface area contributed by atoms with Crippen molar-refractivity contribution < 1.29 is 14.3 Å². The number of hydrogen-bond acceptors (Lipinski definition) is 4. The Kier molecular flexibility index (Phi) is 5.47. The van der Waals surface area contributed by atoms with E-state index in [9.17, 15) is 9.90 Å². The van der Waals surface area contributed by atoms with Crippen molar-refractivity contribution in [2.75, 3.05) is 11.9 Å². The summed E-state index contributed by atoms with van der Waals surface area (Å²) in [6.45, 7) is 0.540. The Morgan fingerprint density at radius 3 is 2.75 bits per heavy atom. The first kappa shape index (κ1) is 14.9. The highest BCUT2D eigenvalue weighted by Gasteiger charge is 2.07. The van der Waals surface area contributed by atoms with E-state index in [1.54, 1.807) is 18.2 Å². The summed E-state index contributed by atoms with van der Waals surface area (Å²) in [5.74, 6) is 0.416. The third-order valence-electron chi connectivity index (χ3n) is 2.99. The van der Waals surface area contributed by atoms with Gasteiger partial charge < -0.3 is 14.3 Å². The van der Waals surface area contributed by atoms with Gasteiger partial charge >= 0.3 is 5.63 Å². The van der Waals surface area contributed by atoms with Gasteiger partial charge in [0.05, 0.1) is 6.61 Å². The van der Waals surface area contributed by atoms with Crippen LogP contribution in [-0.2, 0) is 0 Å². The number of rotatable bonds is 7. The standard InChI is InChI=1S/C15H17BrO4/c16-7-3-1-2-4-8-19-14-10-13-11(9-12(14)17)5-6-15(18)20-13/h5-6,9-10,17H,1-4,7-8H2. The highest BCUT2D eigenvalue weighted by Crippen LogP contribution is 2.30. The van der Waals surface area contributed by atoms with Crippen LogP contribution in [0.4, 0.5) is 0 Å². The summed E-state index contributed by atoms with van der Waals surface area (Å²) in [7, 11) is 0. The molecule has 0 saturated heterocycles. The number of aromatic hydroxyl groups is 1. The van der Waals surface area contributed by atoms with Crippen LogP contribution in [0.1, 0.15) is 25.7 Å². The Labute approximate surface area is 125 Å². The first-order valence-electron chi connectivity index (χ1n) is 6.66. The molecule has 108 valence electrons. The summed E-state index contributed by atoms with van der Waals surface area (Å²) >= 11 is 3.39. The zero-order valence-corrected chi connectivity index (χ0v) is 12.7. The number of halogens is 1. The van der Waals surface area contributed by atoms with Gasteiger partial charge in [0.25, 0.3) is 0 Å². The smallest absolute Gasteiger partial charge is 0.336 e. The predicted octanol–water partition coefficient (Wildman–Crippen LogP) is 3.83. The van der Waals surface area contributed by atoms with Crippen molar-refractivity contribution in [2.24, 2.45) is 0 Å². The maximum Gasteiger partial charge on any atom is 0.336 e. The van der Waals surface area contributed by atoms with Crippen LogP contribution in [0.25, 0.3) is 11.0 Å². The average molecular weight is 341 g/mol. The minimum Gasteiger partial charge on any atom is -0.504 e. The van der Waals surface area contributed by atoms with Crippen LogP contribution >= 0.6 is 15.9 Å². The molecule has 0 unspecified atom stereocenters. The molecule has 5 heteroatoms. The largest absolute Gasteiger partial charge is 0.504 e. The molecule has 2 rings (SSSR count). The molecule has 1 N–H and O–H groups in total. The highest BCUT2D eigenvalue weighted by atomic mass is 79.9. The minimum atomic E-state index is -0.413. The third kappa shape index (κ3) is 4.00. The fraction of sp³-hybridized carbons (Fsp3) is 0.400. The van der Waals surface area contributed by atoms with Crippen LogP contribution in [0.15, 0.2) is 33.5 Å². The first-order chi connectivity index (χ1) is 9.70. The Balaban J connectivity index is 1.99. The maximum absolute atomic E-state index is 11.2. The number of phenolic OH excluding ortho intramolecular Hbond substituents is 1. The number of ether oxygens (including phenoxy) is 1. The van der Waals surface area contributed by atoms with E-state index < -0.39 is 5.63 Å². The molecule has 0 atom stereocenters. The Morgan fingerprint density at radius 1 is 1.15 bits per heavy atom. The second-order valence-corrected chi connectivity index (χ2v) is 5.36. The Hall–Kier alpha value is -1.49. The molecular weight excluding hydrogens is 324 g/mol. The molecule has 0 saturated carbocycles. The molecule has 1 aromatic carbocycles. The van der Waals surface area contributed by atoms with Crippen LogP contribution in [0.5, 0.6) is 11.5 Å². The molecule has 2 aromatic rings. The second-order valence-electron chi connectivity index (χ2n) is 4.56. The van der Waals surface area contributed by atoms with Gasteiger partial charge in [-0.15, -0.1) is 0 Å². The molecule has 4 nitrogen and oxygen atoms in total. The van der Waals surface area contributed by atoms with Crippen LogP contribution in [0, 0.1) is 0 Å². The van der Waals surface area contributed by atoms with Gasteiger partial charge in [-0.05, 0) is 25.0 Å². The zero-order valence-electron chi connectivity index (χ0n) is 11.1. The minimum absolute atomic E-state index is 0.0619. The lowest BCUT2D eigenvalue weighted by molar-refractivity contribution is 0.289. The third-order valence-corrected chi connectivity index (χ3v) is 3.55. The van der Waals surface area contributed by atoms with E-state index in [0.717, 1.165) is 31.0 Å². The SMILES string of the molecule is O=c1ccc2cc(O)c(OCCCCCCBr)cc2o1. The number of unbranched alkanes of at least 4 members (excludes halogenated alkanes) is 3. The Bertz CT molecular complexity index is 621. The quantitative estimate of drug-likeness (QED) is 0.472. The van der Waals surface area contributed by atoms with Gasteiger partial charge in [-0.1, -0.05) is 28.8 Å². The van der Waals surface area contributed by atoms with Crippen molar-refractivity contribution in [1.82, 2.24) is 0 Å². The number of phenols is 1. The summed E-state index contributed by atoms with van der Waals surface area (Å²) in [6.07, 6.45) is 4.35.